The van der Waals surface area contributed by atoms with Crippen LogP contribution in [-0.2, 0) is 4.74 Å². The van der Waals surface area contributed by atoms with Gasteiger partial charge in [-0.1, -0.05) is 25.4 Å². The second-order valence-corrected chi connectivity index (χ2v) is 6.14. The van der Waals surface area contributed by atoms with E-state index in [-0.39, 0.29) is 34.5 Å². The van der Waals surface area contributed by atoms with E-state index in [2.05, 4.69) is 9.96 Å². The number of Topliss-reactive ketones (excluding diaryl/α,β-unsaturated/α-hetero) is 1. The predicted octanol–water partition coefficient (Wildman–Crippen LogP) is 4.10. The lowest BCUT2D eigenvalue weighted by Crippen LogP contribution is -2.15. The van der Waals surface area contributed by atoms with E-state index in [0.29, 0.717) is 11.1 Å². The van der Waals surface area contributed by atoms with Crippen molar-refractivity contribution in [3.8, 4) is 11.5 Å². The van der Waals surface area contributed by atoms with Crippen molar-refractivity contribution in [1.82, 2.24) is 4.98 Å². The number of hydrogen-bond acceptors (Lipinski definition) is 7. The number of carbonyl (C=O) groups excluding carboxylic acids is 2. The highest BCUT2D eigenvalue weighted by atomic mass is 35.5. The van der Waals surface area contributed by atoms with E-state index in [4.69, 9.17) is 31.2 Å². The monoisotopic (exact) mass is 378 g/mol. The van der Waals surface area contributed by atoms with Crippen LogP contribution >= 0.6 is 11.6 Å². The molecule has 0 aliphatic carbocycles. The van der Waals surface area contributed by atoms with E-state index in [1.54, 1.807) is 12.1 Å². The minimum absolute atomic E-state index is 0.0506. The first-order chi connectivity index (χ1) is 12.4. The van der Waals surface area contributed by atoms with Crippen molar-refractivity contribution in [2.24, 2.45) is 5.92 Å². The number of methoxy groups -OCH3 is 1. The molecule has 8 nitrogen and oxygen atoms in total. The van der Waals surface area contributed by atoms with Crippen LogP contribution in [0, 0.1) is 11.3 Å². The molecule has 136 valence electrons. The molecule has 0 amide bonds. The molecule has 26 heavy (non-hydrogen) atoms. The number of hydrogen-bond donors (Lipinski definition) is 0. The summed E-state index contributed by atoms with van der Waals surface area (Å²) in [5, 5.41) is 9.16. The molecule has 0 saturated heterocycles. The highest BCUT2D eigenvalue weighted by Gasteiger charge is 2.21. The molecule has 0 atom stereocenters. The van der Waals surface area contributed by atoms with Crippen molar-refractivity contribution in [2.75, 3.05) is 20.3 Å². The molecule has 1 aromatic heterocycles. The van der Waals surface area contributed by atoms with Gasteiger partial charge in [0.1, 0.15) is 27.2 Å². The van der Waals surface area contributed by atoms with E-state index in [1.807, 2.05) is 13.8 Å². The van der Waals surface area contributed by atoms with Gasteiger partial charge in [-0.2, -0.15) is 0 Å². The molecule has 0 aliphatic heterocycles. The maximum Gasteiger partial charge on any atom is 0.513 e. The van der Waals surface area contributed by atoms with Crippen molar-refractivity contribution < 1.29 is 23.8 Å². The lowest BCUT2D eigenvalue weighted by Gasteiger charge is -2.12. The Morgan fingerprint density at radius 3 is 2.65 bits per heavy atom. The van der Waals surface area contributed by atoms with Gasteiger partial charge in [0.05, 0.1) is 19.2 Å². The van der Waals surface area contributed by atoms with Crippen molar-refractivity contribution in [1.29, 1.82) is 5.39 Å². The fraction of sp³-hybridized carbons (Fsp3) is 0.353. The van der Waals surface area contributed by atoms with Gasteiger partial charge >= 0.3 is 12.7 Å². The summed E-state index contributed by atoms with van der Waals surface area (Å²) < 4.78 is 15.4. The van der Waals surface area contributed by atoms with Crippen LogP contribution in [0.4, 0.5) is 4.79 Å². The minimum Gasteiger partial charge on any atom is -0.495 e. The number of diazo groups is 1. The third-order valence-electron chi connectivity index (χ3n) is 3.29. The number of benzene rings is 1. The highest BCUT2D eigenvalue weighted by Crippen LogP contribution is 2.36. The summed E-state index contributed by atoms with van der Waals surface area (Å²) in [6, 6.07) is 4.46. The van der Waals surface area contributed by atoms with Crippen LogP contribution in [-0.4, -0.2) is 37.2 Å². The van der Waals surface area contributed by atoms with Crippen molar-refractivity contribution in [2.45, 2.75) is 13.8 Å². The van der Waals surface area contributed by atoms with E-state index in [0.717, 1.165) is 0 Å². The molecule has 0 unspecified atom stereocenters. The van der Waals surface area contributed by atoms with Crippen molar-refractivity contribution in [3.63, 3.8) is 0 Å². The standard InChI is InChI=1S/C17H17ClN3O5/c1-9(2)8-25-17(23)26-14-6-11(12(22)7-20-19)21-16-10(14)4-5-13(24-3)15(16)18/h4-6,9H,7-8H2,1-3H3/q+1. The molecule has 2 rings (SSSR count). The Labute approximate surface area is 154 Å². The molecule has 1 aromatic carbocycles. The molecule has 0 N–H and O–H groups in total. The summed E-state index contributed by atoms with van der Waals surface area (Å²) in [5.74, 6) is -0.0431. The highest BCUT2D eigenvalue weighted by molar-refractivity contribution is 6.36. The Morgan fingerprint density at radius 2 is 2.04 bits per heavy atom. The molecule has 2 aromatic rings. The summed E-state index contributed by atoms with van der Waals surface area (Å²) in [4.78, 5) is 30.9. The fourth-order valence-electron chi connectivity index (χ4n) is 2.09. The molecule has 0 saturated carbocycles. The van der Waals surface area contributed by atoms with Crippen LogP contribution in [0.3, 0.4) is 0 Å². The topological polar surface area (TPSA) is 103 Å². The van der Waals surface area contributed by atoms with Crippen molar-refractivity contribution in [3.05, 3.63) is 33.9 Å². The summed E-state index contributed by atoms with van der Waals surface area (Å²) in [7, 11) is 1.44. The SMILES string of the molecule is COc1ccc2c(OC(=O)OCC(C)C)cc(C(=O)C[N+]#N)nc2c1Cl. The Kier molecular flexibility index (Phi) is 6.31. The van der Waals surface area contributed by atoms with Gasteiger partial charge < -0.3 is 14.2 Å². The van der Waals surface area contributed by atoms with Gasteiger partial charge in [0.25, 0.3) is 5.78 Å². The quantitative estimate of drug-likeness (QED) is 0.423. The van der Waals surface area contributed by atoms with Crippen LogP contribution in [0.25, 0.3) is 15.9 Å². The maximum atomic E-state index is 12.0. The van der Waals surface area contributed by atoms with Crippen LogP contribution in [0.2, 0.25) is 5.02 Å². The number of ketones is 1. The zero-order chi connectivity index (χ0) is 19.3. The van der Waals surface area contributed by atoms with E-state index in [9.17, 15) is 9.59 Å². The number of aromatic nitrogens is 1. The Bertz CT molecular complexity index is 892. The molecule has 0 fully saturated rings. The number of pyridine rings is 1. The average molecular weight is 379 g/mol. The number of halogens is 1. The second kappa shape index (κ2) is 8.45. The molecule has 0 aliphatic rings. The Morgan fingerprint density at radius 1 is 1.31 bits per heavy atom. The largest absolute Gasteiger partial charge is 0.513 e. The molecule has 0 bridgehead atoms. The van der Waals surface area contributed by atoms with Crippen LogP contribution in [0.5, 0.6) is 11.5 Å². The van der Waals surface area contributed by atoms with Gasteiger partial charge in [0.2, 0.25) is 5.39 Å². The first-order valence-corrected chi connectivity index (χ1v) is 8.11. The molecule has 9 heteroatoms. The number of fused-ring (bicyclic) bond motifs is 1. The van der Waals surface area contributed by atoms with Gasteiger partial charge in [-0.05, 0) is 18.1 Å². The fourth-order valence-corrected chi connectivity index (χ4v) is 2.38. The van der Waals surface area contributed by atoms with Crippen LogP contribution < -0.4 is 9.47 Å². The third kappa shape index (κ3) is 4.37. The predicted molar refractivity (Wildman–Crippen MR) is 94.4 cm³/mol. The maximum absolute atomic E-state index is 12.0. The molecule has 1 heterocycles. The summed E-state index contributed by atoms with van der Waals surface area (Å²) >= 11 is 6.26. The summed E-state index contributed by atoms with van der Waals surface area (Å²) in [6.07, 6.45) is -0.914. The summed E-state index contributed by atoms with van der Waals surface area (Å²) in [5.41, 5.74) is 0.138. The normalized spacial score (nSPS) is 10.5. The first-order valence-electron chi connectivity index (χ1n) is 7.73. The molecule has 0 spiro atoms. The molecule has 0 radical (unpaired) electrons. The van der Waals surface area contributed by atoms with Gasteiger partial charge in [-0.3, -0.25) is 4.79 Å². The van der Waals surface area contributed by atoms with Crippen molar-refractivity contribution >= 4 is 34.4 Å². The Hall–Kier alpha value is -2.92. The summed E-state index contributed by atoms with van der Waals surface area (Å²) in [6.45, 7) is 3.47. The lowest BCUT2D eigenvalue weighted by atomic mass is 10.1. The van der Waals surface area contributed by atoms with E-state index >= 15 is 0 Å². The smallest absolute Gasteiger partial charge is 0.495 e. The van der Waals surface area contributed by atoms with E-state index in [1.165, 1.54) is 13.2 Å². The second-order valence-electron chi connectivity index (χ2n) is 5.76. The number of rotatable bonds is 6. The minimum atomic E-state index is -0.914. The molecular weight excluding hydrogens is 362 g/mol. The number of nitrogens with zero attached hydrogens (tertiary/aromatic N) is 3. The zero-order valence-electron chi connectivity index (χ0n) is 14.5. The molecular formula is C17H17ClN3O5+. The zero-order valence-corrected chi connectivity index (χ0v) is 15.2. The first kappa shape index (κ1) is 19.4. The average Bonchev–Trinajstić information content (AvgIpc) is 2.60. The number of carbonyl (C=O) groups is 2. The third-order valence-corrected chi connectivity index (χ3v) is 3.66. The Balaban J connectivity index is 2.52. The van der Waals surface area contributed by atoms with Gasteiger partial charge in [-0.25, -0.2) is 9.78 Å². The lowest BCUT2D eigenvalue weighted by molar-refractivity contribution is 0.0886. The number of ether oxygens (including phenoxy) is 3. The van der Waals surface area contributed by atoms with Gasteiger partial charge in [0, 0.05) is 11.5 Å². The van der Waals surface area contributed by atoms with Crippen LogP contribution in [0.1, 0.15) is 24.3 Å². The van der Waals surface area contributed by atoms with E-state index < -0.39 is 18.5 Å². The van der Waals surface area contributed by atoms with Gasteiger partial charge in [-0.15, -0.1) is 0 Å². The van der Waals surface area contributed by atoms with Gasteiger partial charge in [0.15, 0.2) is 0 Å². The van der Waals surface area contributed by atoms with Crippen LogP contribution in [0.15, 0.2) is 18.2 Å².